The van der Waals surface area contributed by atoms with Gasteiger partial charge in [0.15, 0.2) is 5.82 Å². The molecule has 0 amide bonds. The van der Waals surface area contributed by atoms with Gasteiger partial charge in [-0.2, -0.15) is 4.98 Å². The fourth-order valence-electron chi connectivity index (χ4n) is 1.50. The molecule has 0 saturated carbocycles. The molecule has 0 aliphatic heterocycles. The van der Waals surface area contributed by atoms with Crippen molar-refractivity contribution in [3.8, 4) is 0 Å². The lowest BCUT2D eigenvalue weighted by Crippen LogP contribution is -2.09. The van der Waals surface area contributed by atoms with E-state index in [4.69, 9.17) is 10.3 Å². The minimum absolute atomic E-state index is 0.145. The normalized spacial score (nSPS) is 12.7. The van der Waals surface area contributed by atoms with E-state index in [2.05, 4.69) is 10.1 Å². The van der Waals surface area contributed by atoms with Crippen molar-refractivity contribution in [3.63, 3.8) is 0 Å². The Bertz CT molecular complexity index is 542. The van der Waals surface area contributed by atoms with Gasteiger partial charge in [-0.05, 0) is 18.1 Å². The molecule has 2 rings (SSSR count). The first-order valence-electron chi connectivity index (χ1n) is 5.62. The highest BCUT2D eigenvalue weighted by atomic mass is 19.1. The lowest BCUT2D eigenvalue weighted by molar-refractivity contribution is 0.348. The maximum absolute atomic E-state index is 13.4. The first kappa shape index (κ1) is 12.6. The minimum atomic E-state index is -0.624. The van der Waals surface area contributed by atoms with Crippen molar-refractivity contribution in [2.24, 2.45) is 5.73 Å². The van der Waals surface area contributed by atoms with E-state index in [-0.39, 0.29) is 12.5 Å². The fraction of sp³-hybridized carbons (Fsp3) is 0.333. The van der Waals surface area contributed by atoms with Crippen LogP contribution in [0.1, 0.15) is 36.7 Å². The largest absolute Gasteiger partial charge is 0.338 e. The van der Waals surface area contributed by atoms with Crippen LogP contribution in [0.3, 0.4) is 0 Å². The molecule has 96 valence electrons. The standard InChI is InChI=1S/C12H13F2N3O/c1-2-10(15)12-16-11(17-18-12)5-7-3-4-8(13)6-9(7)14/h3-4,6,10H,2,5,15H2,1H3/t10-/m1/s1. The molecule has 1 atom stereocenters. The van der Waals surface area contributed by atoms with Gasteiger partial charge < -0.3 is 10.3 Å². The van der Waals surface area contributed by atoms with Crippen LogP contribution in [0.15, 0.2) is 22.7 Å². The van der Waals surface area contributed by atoms with Crippen molar-refractivity contribution in [2.45, 2.75) is 25.8 Å². The molecule has 0 fully saturated rings. The molecule has 1 heterocycles. The third kappa shape index (κ3) is 2.70. The van der Waals surface area contributed by atoms with Gasteiger partial charge in [-0.3, -0.25) is 0 Å². The van der Waals surface area contributed by atoms with Crippen LogP contribution in [-0.2, 0) is 6.42 Å². The first-order valence-corrected chi connectivity index (χ1v) is 5.62. The summed E-state index contributed by atoms with van der Waals surface area (Å²) in [6, 6.07) is 3.07. The Labute approximate surface area is 103 Å². The van der Waals surface area contributed by atoms with Crippen LogP contribution in [0.2, 0.25) is 0 Å². The second kappa shape index (κ2) is 5.22. The summed E-state index contributed by atoms with van der Waals surface area (Å²) in [5, 5.41) is 3.72. The van der Waals surface area contributed by atoms with E-state index < -0.39 is 11.6 Å². The Morgan fingerprint density at radius 2 is 2.17 bits per heavy atom. The molecule has 2 N–H and O–H groups in total. The summed E-state index contributed by atoms with van der Waals surface area (Å²) in [7, 11) is 0. The zero-order valence-corrected chi connectivity index (χ0v) is 9.86. The van der Waals surface area contributed by atoms with Crippen LogP contribution in [0.4, 0.5) is 8.78 Å². The quantitative estimate of drug-likeness (QED) is 0.908. The molecule has 4 nitrogen and oxygen atoms in total. The van der Waals surface area contributed by atoms with Crippen LogP contribution in [0.25, 0.3) is 0 Å². The second-order valence-corrected chi connectivity index (χ2v) is 3.98. The molecule has 0 aliphatic rings. The number of aromatic nitrogens is 2. The van der Waals surface area contributed by atoms with Crippen LogP contribution >= 0.6 is 0 Å². The maximum atomic E-state index is 13.4. The summed E-state index contributed by atoms with van der Waals surface area (Å²) >= 11 is 0. The summed E-state index contributed by atoms with van der Waals surface area (Å²) in [5.74, 6) is -0.575. The predicted molar refractivity (Wildman–Crippen MR) is 60.7 cm³/mol. The average molecular weight is 253 g/mol. The number of hydrogen-bond donors (Lipinski definition) is 1. The molecule has 0 aliphatic carbocycles. The molecule has 6 heteroatoms. The van der Waals surface area contributed by atoms with Crippen molar-refractivity contribution < 1.29 is 13.3 Å². The van der Waals surface area contributed by atoms with E-state index in [1.54, 1.807) is 0 Å². The van der Waals surface area contributed by atoms with E-state index in [9.17, 15) is 8.78 Å². The average Bonchev–Trinajstić information content (AvgIpc) is 2.80. The molecule has 2 aromatic rings. The Kier molecular flexibility index (Phi) is 3.66. The molecule has 18 heavy (non-hydrogen) atoms. The third-order valence-corrected chi connectivity index (χ3v) is 2.60. The zero-order valence-electron chi connectivity index (χ0n) is 9.86. The molecule has 0 bridgehead atoms. The van der Waals surface area contributed by atoms with E-state index in [1.165, 1.54) is 12.1 Å². The highest BCUT2D eigenvalue weighted by molar-refractivity contribution is 5.21. The molecule has 0 radical (unpaired) electrons. The zero-order chi connectivity index (χ0) is 13.1. The van der Waals surface area contributed by atoms with Gasteiger partial charge >= 0.3 is 0 Å². The van der Waals surface area contributed by atoms with E-state index >= 15 is 0 Å². The predicted octanol–water partition coefficient (Wildman–Crippen LogP) is 2.35. The molecule has 0 saturated heterocycles. The molecule has 1 aromatic heterocycles. The van der Waals surface area contributed by atoms with Crippen molar-refractivity contribution in [2.75, 3.05) is 0 Å². The Morgan fingerprint density at radius 1 is 1.39 bits per heavy atom. The number of nitrogens with two attached hydrogens (primary N) is 1. The highest BCUT2D eigenvalue weighted by Gasteiger charge is 2.14. The van der Waals surface area contributed by atoms with Gasteiger partial charge in [0.2, 0.25) is 5.89 Å². The lowest BCUT2D eigenvalue weighted by atomic mass is 10.1. The highest BCUT2D eigenvalue weighted by Crippen LogP contribution is 2.15. The number of benzene rings is 1. The van der Waals surface area contributed by atoms with Crippen LogP contribution in [-0.4, -0.2) is 10.1 Å². The lowest BCUT2D eigenvalue weighted by Gasteiger charge is -2.00. The Hall–Kier alpha value is -1.82. The van der Waals surface area contributed by atoms with Gasteiger partial charge in [0, 0.05) is 12.5 Å². The molecular formula is C12H13F2N3O. The first-order chi connectivity index (χ1) is 8.60. The topological polar surface area (TPSA) is 64.9 Å². The maximum Gasteiger partial charge on any atom is 0.243 e. The summed E-state index contributed by atoms with van der Waals surface area (Å²) in [4.78, 5) is 4.08. The summed E-state index contributed by atoms with van der Waals surface area (Å²) in [5.41, 5.74) is 6.04. The van der Waals surface area contributed by atoms with Crippen molar-refractivity contribution in [3.05, 3.63) is 47.1 Å². The van der Waals surface area contributed by atoms with Gasteiger partial charge in [0.25, 0.3) is 0 Å². The Morgan fingerprint density at radius 3 is 2.83 bits per heavy atom. The number of rotatable bonds is 4. The SMILES string of the molecule is CC[C@@H](N)c1nc(Cc2ccc(F)cc2F)no1. The fourth-order valence-corrected chi connectivity index (χ4v) is 1.50. The van der Waals surface area contributed by atoms with Crippen molar-refractivity contribution in [1.29, 1.82) is 0 Å². The van der Waals surface area contributed by atoms with E-state index in [0.717, 1.165) is 6.07 Å². The Balaban J connectivity index is 2.16. The van der Waals surface area contributed by atoms with E-state index in [0.29, 0.717) is 23.7 Å². The van der Waals surface area contributed by atoms with Crippen LogP contribution in [0, 0.1) is 11.6 Å². The number of nitrogens with zero attached hydrogens (tertiary/aromatic N) is 2. The molecule has 0 spiro atoms. The van der Waals surface area contributed by atoms with Crippen molar-refractivity contribution >= 4 is 0 Å². The monoisotopic (exact) mass is 253 g/mol. The van der Waals surface area contributed by atoms with Gasteiger partial charge in [-0.15, -0.1) is 0 Å². The van der Waals surface area contributed by atoms with Gasteiger partial charge in [-0.1, -0.05) is 18.1 Å². The summed E-state index contributed by atoms with van der Waals surface area (Å²) in [6.07, 6.45) is 0.818. The van der Waals surface area contributed by atoms with Gasteiger partial charge in [0.1, 0.15) is 11.6 Å². The third-order valence-electron chi connectivity index (χ3n) is 2.60. The summed E-state index contributed by atoms with van der Waals surface area (Å²) < 4.78 is 31.1. The van der Waals surface area contributed by atoms with Crippen LogP contribution < -0.4 is 5.73 Å². The summed E-state index contributed by atoms with van der Waals surface area (Å²) in [6.45, 7) is 1.90. The minimum Gasteiger partial charge on any atom is -0.338 e. The van der Waals surface area contributed by atoms with Gasteiger partial charge in [-0.25, -0.2) is 8.78 Å². The second-order valence-electron chi connectivity index (χ2n) is 3.98. The molecular weight excluding hydrogens is 240 g/mol. The van der Waals surface area contributed by atoms with Crippen LogP contribution in [0.5, 0.6) is 0 Å². The smallest absolute Gasteiger partial charge is 0.243 e. The van der Waals surface area contributed by atoms with Gasteiger partial charge in [0.05, 0.1) is 6.04 Å². The molecule has 1 aromatic carbocycles. The van der Waals surface area contributed by atoms with E-state index in [1.807, 2.05) is 6.92 Å². The number of halogens is 2. The number of hydrogen-bond acceptors (Lipinski definition) is 4. The van der Waals surface area contributed by atoms with Crippen molar-refractivity contribution in [1.82, 2.24) is 10.1 Å². The molecule has 0 unspecified atom stereocenters.